The van der Waals surface area contributed by atoms with Crippen molar-refractivity contribution in [2.24, 2.45) is 0 Å². The number of benzene rings is 2. The first-order chi connectivity index (χ1) is 9.79. The summed E-state index contributed by atoms with van der Waals surface area (Å²) in [5, 5.41) is 2.68. The molecule has 0 aliphatic heterocycles. The lowest BCUT2D eigenvalue weighted by Crippen LogP contribution is -2.05. The molecule has 2 aromatic rings. The average Bonchev–Trinajstić information content (AvgIpc) is 2.49. The van der Waals surface area contributed by atoms with Crippen molar-refractivity contribution in [1.82, 2.24) is 0 Å². The Bertz CT molecular complexity index is 474. The molecule has 0 spiro atoms. The summed E-state index contributed by atoms with van der Waals surface area (Å²) in [6.45, 7) is 8.09. The normalized spacial score (nSPS) is 10.2. The van der Waals surface area contributed by atoms with E-state index in [0.717, 1.165) is 26.1 Å². The third-order valence-corrected chi connectivity index (χ3v) is 3.78. The molecule has 0 atom stereocenters. The Labute approximate surface area is 125 Å². The van der Waals surface area contributed by atoms with E-state index in [0.29, 0.717) is 0 Å². The topological polar surface area (TPSA) is 18.5 Å². The van der Waals surface area contributed by atoms with Crippen LogP contribution in [0.2, 0.25) is 0 Å². The van der Waals surface area contributed by atoms with Gasteiger partial charge in [-0.1, -0.05) is 56.3 Å². The summed E-state index contributed by atoms with van der Waals surface area (Å²) in [5.41, 5.74) is 1.35. The van der Waals surface area contributed by atoms with E-state index in [1.807, 2.05) is 0 Å². The fourth-order valence-corrected chi connectivity index (χ4v) is 2.78. The third kappa shape index (κ3) is 6.33. The summed E-state index contributed by atoms with van der Waals surface area (Å²) in [5.74, 6) is 0. The number of fused-ring (bicyclic) bond motifs is 1. The standard InChI is InChI=1S/C11H10.C6H16O2Si/c1-9-5-4-7-10-6-2-3-8-11(9)10;1-3-5-7-9-8-6-4-2/h2-8H,1H3;3-6,9H2,1-2H3. The highest BCUT2D eigenvalue weighted by molar-refractivity contribution is 6.17. The molecule has 0 unspecified atom stereocenters. The lowest BCUT2D eigenvalue weighted by atomic mass is 10.1. The van der Waals surface area contributed by atoms with Crippen molar-refractivity contribution in [2.45, 2.75) is 33.6 Å². The fourth-order valence-electron chi connectivity index (χ4n) is 1.85. The molecule has 0 aliphatic rings. The lowest BCUT2D eigenvalue weighted by Gasteiger charge is -2.00. The highest BCUT2D eigenvalue weighted by Gasteiger charge is 1.92. The fraction of sp³-hybridized carbons (Fsp3) is 0.412. The first-order valence-electron chi connectivity index (χ1n) is 7.39. The van der Waals surface area contributed by atoms with Crippen LogP contribution in [0, 0.1) is 6.92 Å². The molecular formula is C17H26O2Si. The molecule has 0 aromatic heterocycles. The number of aryl methyl sites for hydroxylation is 1. The second-order valence-electron chi connectivity index (χ2n) is 4.73. The monoisotopic (exact) mass is 290 g/mol. The molecule has 0 radical (unpaired) electrons. The number of rotatable bonds is 6. The predicted octanol–water partition coefficient (Wildman–Crippen LogP) is 3.99. The molecule has 110 valence electrons. The Balaban J connectivity index is 0.000000206. The van der Waals surface area contributed by atoms with Gasteiger partial charge in [0.1, 0.15) is 0 Å². The van der Waals surface area contributed by atoms with Gasteiger partial charge in [-0.15, -0.1) is 0 Å². The van der Waals surface area contributed by atoms with Crippen molar-refractivity contribution < 1.29 is 8.85 Å². The van der Waals surface area contributed by atoms with Crippen LogP contribution in [0.4, 0.5) is 0 Å². The van der Waals surface area contributed by atoms with Crippen molar-refractivity contribution >= 4 is 20.8 Å². The first kappa shape index (κ1) is 16.9. The van der Waals surface area contributed by atoms with Crippen molar-refractivity contribution in [3.8, 4) is 0 Å². The van der Waals surface area contributed by atoms with E-state index in [4.69, 9.17) is 8.85 Å². The summed E-state index contributed by atoms with van der Waals surface area (Å²) in [4.78, 5) is 0. The van der Waals surface area contributed by atoms with E-state index in [9.17, 15) is 0 Å². The Morgan fingerprint density at radius 3 is 2.05 bits per heavy atom. The number of hydrogen-bond acceptors (Lipinski definition) is 2. The second kappa shape index (κ2) is 10.6. The van der Waals surface area contributed by atoms with Crippen LogP contribution in [-0.2, 0) is 8.85 Å². The van der Waals surface area contributed by atoms with Crippen LogP contribution in [0.5, 0.6) is 0 Å². The SMILES string of the molecule is CCCO[SiH2]OCCC.Cc1cccc2ccccc12. The van der Waals surface area contributed by atoms with Gasteiger partial charge in [-0.2, -0.15) is 0 Å². The predicted molar refractivity (Wildman–Crippen MR) is 89.7 cm³/mol. The van der Waals surface area contributed by atoms with Crippen LogP contribution in [0.3, 0.4) is 0 Å². The minimum Gasteiger partial charge on any atom is -0.399 e. The summed E-state index contributed by atoms with van der Waals surface area (Å²) in [6, 6.07) is 14.8. The molecule has 2 aromatic carbocycles. The van der Waals surface area contributed by atoms with Gasteiger partial charge in [0.15, 0.2) is 0 Å². The van der Waals surface area contributed by atoms with Gasteiger partial charge in [-0.25, -0.2) is 0 Å². The summed E-state index contributed by atoms with van der Waals surface area (Å²) >= 11 is 0. The van der Waals surface area contributed by atoms with Crippen LogP contribution in [0.25, 0.3) is 10.8 Å². The molecule has 0 aliphatic carbocycles. The Morgan fingerprint density at radius 2 is 1.45 bits per heavy atom. The molecule has 0 amide bonds. The van der Waals surface area contributed by atoms with Gasteiger partial charge in [0, 0.05) is 13.2 Å². The lowest BCUT2D eigenvalue weighted by molar-refractivity contribution is 0.222. The van der Waals surface area contributed by atoms with E-state index in [2.05, 4.69) is 63.2 Å². The summed E-state index contributed by atoms with van der Waals surface area (Å²) < 4.78 is 10.4. The Kier molecular flexibility index (Phi) is 8.95. The Hall–Kier alpha value is -1.16. The van der Waals surface area contributed by atoms with E-state index in [-0.39, 0.29) is 0 Å². The van der Waals surface area contributed by atoms with E-state index in [1.165, 1.54) is 16.3 Å². The molecule has 3 heteroatoms. The second-order valence-corrected chi connectivity index (χ2v) is 5.78. The van der Waals surface area contributed by atoms with Crippen LogP contribution < -0.4 is 0 Å². The maximum Gasteiger partial charge on any atom is 0.304 e. The maximum absolute atomic E-state index is 5.20. The molecule has 2 nitrogen and oxygen atoms in total. The van der Waals surface area contributed by atoms with Gasteiger partial charge in [-0.05, 0) is 36.1 Å². The van der Waals surface area contributed by atoms with E-state index in [1.54, 1.807) is 0 Å². The van der Waals surface area contributed by atoms with Gasteiger partial charge in [0.05, 0.1) is 0 Å². The molecular weight excluding hydrogens is 264 g/mol. The maximum atomic E-state index is 5.20. The largest absolute Gasteiger partial charge is 0.399 e. The molecule has 0 bridgehead atoms. The molecule has 0 heterocycles. The minimum absolute atomic E-state index is 0.611. The molecule has 2 rings (SSSR count). The quantitative estimate of drug-likeness (QED) is 0.591. The van der Waals surface area contributed by atoms with Crippen molar-refractivity contribution in [3.63, 3.8) is 0 Å². The molecule has 0 saturated carbocycles. The number of hydrogen-bond donors (Lipinski definition) is 0. The zero-order valence-corrected chi connectivity index (χ0v) is 14.3. The third-order valence-electron chi connectivity index (χ3n) is 2.87. The van der Waals surface area contributed by atoms with Gasteiger partial charge in [-0.3, -0.25) is 0 Å². The van der Waals surface area contributed by atoms with Crippen LogP contribution >= 0.6 is 0 Å². The zero-order valence-electron chi connectivity index (χ0n) is 12.9. The molecule has 20 heavy (non-hydrogen) atoms. The van der Waals surface area contributed by atoms with Crippen LogP contribution in [0.15, 0.2) is 42.5 Å². The highest BCUT2D eigenvalue weighted by atomic mass is 28.3. The Morgan fingerprint density at radius 1 is 0.850 bits per heavy atom. The summed E-state index contributed by atoms with van der Waals surface area (Å²) in [6.07, 6.45) is 2.20. The van der Waals surface area contributed by atoms with E-state index < -0.39 is 10.0 Å². The molecule has 0 saturated heterocycles. The summed E-state index contributed by atoms with van der Waals surface area (Å²) in [7, 11) is -0.611. The average molecular weight is 290 g/mol. The first-order valence-corrected chi connectivity index (χ1v) is 8.54. The van der Waals surface area contributed by atoms with E-state index >= 15 is 0 Å². The van der Waals surface area contributed by atoms with Gasteiger partial charge in [0.2, 0.25) is 0 Å². The smallest absolute Gasteiger partial charge is 0.304 e. The van der Waals surface area contributed by atoms with Gasteiger partial charge in [0.25, 0.3) is 0 Å². The molecule has 0 N–H and O–H groups in total. The van der Waals surface area contributed by atoms with Crippen LogP contribution in [-0.4, -0.2) is 23.2 Å². The van der Waals surface area contributed by atoms with Crippen molar-refractivity contribution in [3.05, 3.63) is 48.0 Å². The highest BCUT2D eigenvalue weighted by Crippen LogP contribution is 2.16. The van der Waals surface area contributed by atoms with Crippen molar-refractivity contribution in [1.29, 1.82) is 0 Å². The van der Waals surface area contributed by atoms with Crippen LogP contribution in [0.1, 0.15) is 32.3 Å². The van der Waals surface area contributed by atoms with Gasteiger partial charge >= 0.3 is 10.0 Å². The molecule has 0 fully saturated rings. The van der Waals surface area contributed by atoms with Crippen molar-refractivity contribution in [2.75, 3.05) is 13.2 Å². The minimum atomic E-state index is -0.611. The zero-order chi connectivity index (χ0) is 14.6. The van der Waals surface area contributed by atoms with Gasteiger partial charge < -0.3 is 8.85 Å².